The Bertz CT molecular complexity index is 890. The second-order valence-corrected chi connectivity index (χ2v) is 7.20. The monoisotopic (exact) mass is 368 g/mol. The first-order valence-corrected chi connectivity index (χ1v) is 9.58. The third-order valence-electron chi connectivity index (χ3n) is 4.26. The van der Waals surface area contributed by atoms with E-state index in [0.717, 1.165) is 34.3 Å². The fourth-order valence-electron chi connectivity index (χ4n) is 2.59. The minimum Gasteiger partial charge on any atom is -0.370 e. The van der Waals surface area contributed by atoms with Crippen LogP contribution in [0.2, 0.25) is 0 Å². The highest BCUT2D eigenvalue weighted by atomic mass is 32.1. The Morgan fingerprint density at radius 1 is 1.12 bits per heavy atom. The molecule has 0 spiro atoms. The Balaban J connectivity index is 1.24. The number of carbonyl (C=O) groups excluding carboxylic acids is 1. The molecule has 0 unspecified atom stereocenters. The summed E-state index contributed by atoms with van der Waals surface area (Å²) in [6.45, 7) is 2.04. The Kier molecular flexibility index (Phi) is 4.92. The molecule has 1 fully saturated rings. The van der Waals surface area contributed by atoms with Crippen LogP contribution in [0.5, 0.6) is 0 Å². The van der Waals surface area contributed by atoms with Crippen molar-refractivity contribution < 1.29 is 4.79 Å². The minimum absolute atomic E-state index is 0.128. The molecule has 0 atom stereocenters. The highest BCUT2D eigenvalue weighted by molar-refractivity contribution is 7.16. The van der Waals surface area contributed by atoms with Gasteiger partial charge in [-0.1, -0.05) is 0 Å². The van der Waals surface area contributed by atoms with E-state index in [4.69, 9.17) is 0 Å². The number of nitrogens with zero attached hydrogens (tertiary/aromatic N) is 3. The Hall–Kier alpha value is -2.74. The molecule has 26 heavy (non-hydrogen) atoms. The van der Waals surface area contributed by atoms with Crippen LogP contribution in [0.3, 0.4) is 0 Å². The number of carbonyl (C=O) groups is 1. The summed E-state index contributed by atoms with van der Waals surface area (Å²) in [5, 5.41) is 12.4. The third kappa shape index (κ3) is 4.08. The van der Waals surface area contributed by atoms with Gasteiger partial charge in [0, 0.05) is 25.8 Å². The number of hydrogen-bond acceptors (Lipinski definition) is 7. The van der Waals surface area contributed by atoms with Crippen molar-refractivity contribution in [3.8, 4) is 0 Å². The maximum Gasteiger partial charge on any atom is 0.252 e. The fourth-order valence-corrected chi connectivity index (χ4v) is 3.33. The minimum atomic E-state index is -0.128. The molecule has 3 N–H and O–H groups in total. The molecule has 134 valence electrons. The van der Waals surface area contributed by atoms with Gasteiger partial charge >= 0.3 is 0 Å². The Morgan fingerprint density at radius 3 is 2.85 bits per heavy atom. The Labute approximate surface area is 155 Å². The van der Waals surface area contributed by atoms with Crippen molar-refractivity contribution >= 4 is 39.1 Å². The largest absolute Gasteiger partial charge is 0.370 e. The maximum atomic E-state index is 12.2. The lowest BCUT2D eigenvalue weighted by atomic mass is 10.2. The van der Waals surface area contributed by atoms with Crippen LogP contribution in [0.15, 0.2) is 36.1 Å². The molecule has 3 aromatic rings. The van der Waals surface area contributed by atoms with Crippen LogP contribution in [0.1, 0.15) is 23.2 Å². The van der Waals surface area contributed by atoms with E-state index in [1.165, 1.54) is 12.8 Å². The van der Waals surface area contributed by atoms with Gasteiger partial charge in [-0.15, -0.1) is 11.3 Å². The molecule has 0 bridgehead atoms. The number of amides is 1. The quantitative estimate of drug-likeness (QED) is 0.530. The van der Waals surface area contributed by atoms with Gasteiger partial charge in [0.25, 0.3) is 5.91 Å². The van der Waals surface area contributed by atoms with Crippen molar-refractivity contribution in [2.75, 3.05) is 30.3 Å². The SMILES string of the molecule is O=C(NCCNc1ncnc2sccc12)c1ccc(NCC2CC2)nc1. The van der Waals surface area contributed by atoms with Gasteiger partial charge in [-0.25, -0.2) is 15.0 Å². The number of nitrogens with one attached hydrogen (secondary N) is 3. The summed E-state index contributed by atoms with van der Waals surface area (Å²) < 4.78 is 0. The average molecular weight is 368 g/mol. The first kappa shape index (κ1) is 16.7. The zero-order chi connectivity index (χ0) is 17.8. The molecule has 0 radical (unpaired) electrons. The summed E-state index contributed by atoms with van der Waals surface area (Å²) in [4.78, 5) is 25.9. The molecule has 3 aromatic heterocycles. The molecule has 3 heterocycles. The summed E-state index contributed by atoms with van der Waals surface area (Å²) in [6.07, 6.45) is 5.75. The molecule has 4 rings (SSSR count). The average Bonchev–Trinajstić information content (AvgIpc) is 3.38. The van der Waals surface area contributed by atoms with E-state index in [1.807, 2.05) is 17.5 Å². The molecule has 1 saturated carbocycles. The van der Waals surface area contributed by atoms with E-state index >= 15 is 0 Å². The smallest absolute Gasteiger partial charge is 0.252 e. The van der Waals surface area contributed by atoms with Crippen LogP contribution in [0.4, 0.5) is 11.6 Å². The van der Waals surface area contributed by atoms with Gasteiger partial charge in [0.2, 0.25) is 0 Å². The van der Waals surface area contributed by atoms with Crippen molar-refractivity contribution in [1.82, 2.24) is 20.3 Å². The number of rotatable bonds is 8. The van der Waals surface area contributed by atoms with E-state index in [0.29, 0.717) is 18.7 Å². The van der Waals surface area contributed by atoms with Gasteiger partial charge in [0.05, 0.1) is 10.9 Å². The molecule has 0 aromatic carbocycles. The normalized spacial score (nSPS) is 13.5. The number of hydrogen-bond donors (Lipinski definition) is 3. The lowest BCUT2D eigenvalue weighted by Crippen LogP contribution is -2.29. The number of aromatic nitrogens is 3. The van der Waals surface area contributed by atoms with Crippen LogP contribution < -0.4 is 16.0 Å². The summed E-state index contributed by atoms with van der Waals surface area (Å²) in [7, 11) is 0. The lowest BCUT2D eigenvalue weighted by Gasteiger charge is -2.09. The molecule has 0 saturated heterocycles. The predicted octanol–water partition coefficient (Wildman–Crippen LogP) is 2.75. The Morgan fingerprint density at radius 2 is 2.04 bits per heavy atom. The second kappa shape index (κ2) is 7.65. The summed E-state index contributed by atoms with van der Waals surface area (Å²) >= 11 is 1.58. The van der Waals surface area contributed by atoms with E-state index in [-0.39, 0.29) is 5.91 Å². The first-order chi connectivity index (χ1) is 12.8. The van der Waals surface area contributed by atoms with Gasteiger partial charge in [-0.2, -0.15) is 0 Å². The number of anilines is 2. The summed E-state index contributed by atoms with van der Waals surface area (Å²) in [5.41, 5.74) is 0.559. The number of thiophene rings is 1. The zero-order valence-corrected chi connectivity index (χ0v) is 15.1. The van der Waals surface area contributed by atoms with E-state index < -0.39 is 0 Å². The van der Waals surface area contributed by atoms with E-state index in [1.54, 1.807) is 29.9 Å². The maximum absolute atomic E-state index is 12.2. The second-order valence-electron chi connectivity index (χ2n) is 6.30. The predicted molar refractivity (Wildman–Crippen MR) is 104 cm³/mol. The molecule has 7 nitrogen and oxygen atoms in total. The third-order valence-corrected chi connectivity index (χ3v) is 5.08. The molecule has 8 heteroatoms. The summed E-state index contributed by atoms with van der Waals surface area (Å²) in [6, 6.07) is 5.64. The van der Waals surface area contributed by atoms with Crippen molar-refractivity contribution in [3.63, 3.8) is 0 Å². The molecular formula is C18H20N6OS. The fraction of sp³-hybridized carbons (Fsp3) is 0.333. The van der Waals surface area contributed by atoms with Crippen LogP contribution in [0.25, 0.3) is 10.2 Å². The van der Waals surface area contributed by atoms with Crippen molar-refractivity contribution in [2.45, 2.75) is 12.8 Å². The van der Waals surface area contributed by atoms with Gasteiger partial charge in [-0.3, -0.25) is 4.79 Å². The van der Waals surface area contributed by atoms with Crippen molar-refractivity contribution in [1.29, 1.82) is 0 Å². The highest BCUT2D eigenvalue weighted by Gasteiger charge is 2.20. The van der Waals surface area contributed by atoms with Gasteiger partial charge in [0.15, 0.2) is 0 Å². The van der Waals surface area contributed by atoms with Crippen LogP contribution >= 0.6 is 11.3 Å². The molecule has 1 aliphatic rings. The van der Waals surface area contributed by atoms with Crippen LogP contribution in [-0.2, 0) is 0 Å². The van der Waals surface area contributed by atoms with Crippen molar-refractivity contribution in [2.24, 2.45) is 5.92 Å². The molecular weight excluding hydrogens is 348 g/mol. The number of fused-ring (bicyclic) bond motifs is 1. The number of pyridine rings is 1. The van der Waals surface area contributed by atoms with Gasteiger partial charge in [-0.05, 0) is 42.3 Å². The van der Waals surface area contributed by atoms with E-state index in [2.05, 4.69) is 30.9 Å². The van der Waals surface area contributed by atoms with Gasteiger partial charge < -0.3 is 16.0 Å². The van der Waals surface area contributed by atoms with Crippen LogP contribution in [-0.4, -0.2) is 40.5 Å². The topological polar surface area (TPSA) is 91.8 Å². The van der Waals surface area contributed by atoms with Gasteiger partial charge in [0.1, 0.15) is 22.8 Å². The first-order valence-electron chi connectivity index (χ1n) is 8.70. The molecule has 0 aliphatic heterocycles. The molecule has 1 aliphatic carbocycles. The standard InChI is InChI=1S/C18H20N6OS/c25-17(13-3-4-15(22-10-13)21-9-12-1-2-12)20-7-6-19-16-14-5-8-26-18(14)24-11-23-16/h3-5,8,10-12H,1-2,6-7,9H2,(H,20,25)(H,21,22)(H,19,23,24). The van der Waals surface area contributed by atoms with Crippen molar-refractivity contribution in [3.05, 3.63) is 41.7 Å². The summed E-state index contributed by atoms with van der Waals surface area (Å²) in [5.74, 6) is 2.27. The lowest BCUT2D eigenvalue weighted by molar-refractivity contribution is 0.0955. The highest BCUT2D eigenvalue weighted by Crippen LogP contribution is 2.28. The van der Waals surface area contributed by atoms with E-state index in [9.17, 15) is 4.79 Å². The van der Waals surface area contributed by atoms with Crippen LogP contribution in [0, 0.1) is 5.92 Å². The zero-order valence-electron chi connectivity index (χ0n) is 14.2. The molecule has 1 amide bonds.